The molecule has 3 aromatic heterocycles. The lowest BCUT2D eigenvalue weighted by Gasteiger charge is -2.17. The maximum absolute atomic E-state index is 5.72. The molecule has 0 N–H and O–H groups in total. The molecule has 0 spiro atoms. The van der Waals surface area contributed by atoms with Gasteiger partial charge in [-0.25, -0.2) is 4.98 Å². The number of rotatable bonds is 5. The van der Waals surface area contributed by atoms with Crippen molar-refractivity contribution >= 4 is 0 Å². The molecule has 5 nitrogen and oxygen atoms in total. The van der Waals surface area contributed by atoms with Crippen LogP contribution in [0.25, 0.3) is 11.4 Å². The van der Waals surface area contributed by atoms with Gasteiger partial charge in [0.15, 0.2) is 0 Å². The maximum atomic E-state index is 5.72. The summed E-state index contributed by atoms with van der Waals surface area (Å²) >= 11 is 0. The second-order valence-electron chi connectivity index (χ2n) is 6.97. The van der Waals surface area contributed by atoms with Crippen molar-refractivity contribution in [2.75, 3.05) is 13.1 Å². The van der Waals surface area contributed by atoms with Gasteiger partial charge >= 0.3 is 0 Å². The van der Waals surface area contributed by atoms with Crippen LogP contribution < -0.4 is 0 Å². The first kappa shape index (κ1) is 16.1. The minimum Gasteiger partial charge on any atom is -0.465 e. The van der Waals surface area contributed by atoms with Crippen LogP contribution in [0, 0.1) is 19.8 Å². The second kappa shape index (κ2) is 6.84. The quantitative estimate of drug-likeness (QED) is 0.713. The van der Waals surface area contributed by atoms with Gasteiger partial charge in [-0.15, -0.1) is 0 Å². The van der Waals surface area contributed by atoms with Crippen molar-refractivity contribution in [1.29, 1.82) is 0 Å². The third-order valence-corrected chi connectivity index (χ3v) is 4.98. The number of likely N-dealkylation sites (tertiary alicyclic amines) is 1. The monoisotopic (exact) mass is 336 g/mol. The van der Waals surface area contributed by atoms with E-state index in [2.05, 4.69) is 32.4 Å². The number of aryl methyl sites for hydroxylation is 2. The highest BCUT2D eigenvalue weighted by atomic mass is 16.3. The summed E-state index contributed by atoms with van der Waals surface area (Å²) in [6.45, 7) is 8.28. The lowest BCUT2D eigenvalue weighted by Crippen LogP contribution is -2.21. The number of imidazole rings is 1. The van der Waals surface area contributed by atoms with Gasteiger partial charge in [-0.2, -0.15) is 0 Å². The minimum atomic E-state index is 0.643. The zero-order valence-corrected chi connectivity index (χ0v) is 14.9. The molecular weight excluding hydrogens is 312 g/mol. The van der Waals surface area contributed by atoms with Gasteiger partial charge in [-0.05, 0) is 57.0 Å². The van der Waals surface area contributed by atoms with Crippen molar-refractivity contribution in [3.63, 3.8) is 0 Å². The Balaban J connectivity index is 1.44. The molecule has 0 radical (unpaired) electrons. The molecule has 1 atom stereocenters. The van der Waals surface area contributed by atoms with Gasteiger partial charge in [0.1, 0.15) is 17.3 Å². The van der Waals surface area contributed by atoms with Crippen LogP contribution in [0.3, 0.4) is 0 Å². The first-order valence-electron chi connectivity index (χ1n) is 8.89. The molecule has 1 aliphatic rings. The predicted octanol–water partition coefficient (Wildman–Crippen LogP) is 3.68. The SMILES string of the molecule is Cc1ccc(CN2CCC(Cn3c(C)cnc3-c3ccncc3)C2)o1. The van der Waals surface area contributed by atoms with Gasteiger partial charge in [-0.1, -0.05) is 0 Å². The van der Waals surface area contributed by atoms with E-state index in [1.165, 1.54) is 12.1 Å². The first-order chi connectivity index (χ1) is 12.2. The van der Waals surface area contributed by atoms with E-state index in [1.54, 1.807) is 0 Å². The number of nitrogens with zero attached hydrogens (tertiary/aromatic N) is 4. The zero-order valence-electron chi connectivity index (χ0n) is 14.9. The molecule has 130 valence electrons. The molecule has 3 aromatic rings. The summed E-state index contributed by atoms with van der Waals surface area (Å²) in [5.41, 5.74) is 2.34. The van der Waals surface area contributed by atoms with Crippen LogP contribution in [0.4, 0.5) is 0 Å². The van der Waals surface area contributed by atoms with E-state index in [0.717, 1.165) is 49.1 Å². The summed E-state index contributed by atoms with van der Waals surface area (Å²) in [7, 11) is 0. The van der Waals surface area contributed by atoms with Crippen LogP contribution in [-0.2, 0) is 13.1 Å². The largest absolute Gasteiger partial charge is 0.465 e. The number of furan rings is 1. The zero-order chi connectivity index (χ0) is 17.2. The van der Waals surface area contributed by atoms with Crippen LogP contribution >= 0.6 is 0 Å². The van der Waals surface area contributed by atoms with Gasteiger partial charge in [0.05, 0.1) is 6.54 Å². The predicted molar refractivity (Wildman–Crippen MR) is 97.0 cm³/mol. The summed E-state index contributed by atoms with van der Waals surface area (Å²) in [5.74, 6) is 3.74. The number of hydrogen-bond donors (Lipinski definition) is 0. The highest BCUT2D eigenvalue weighted by molar-refractivity contribution is 5.55. The van der Waals surface area contributed by atoms with Crippen molar-refractivity contribution in [2.24, 2.45) is 5.92 Å². The Morgan fingerprint density at radius 2 is 2.00 bits per heavy atom. The number of pyridine rings is 1. The maximum Gasteiger partial charge on any atom is 0.140 e. The lowest BCUT2D eigenvalue weighted by molar-refractivity contribution is 0.279. The van der Waals surface area contributed by atoms with Crippen LogP contribution in [0.2, 0.25) is 0 Å². The molecule has 0 amide bonds. The van der Waals surface area contributed by atoms with Crippen LogP contribution in [0.15, 0.2) is 47.3 Å². The summed E-state index contributed by atoms with van der Waals surface area (Å²) in [4.78, 5) is 11.2. The molecule has 4 heterocycles. The first-order valence-corrected chi connectivity index (χ1v) is 8.89. The number of aromatic nitrogens is 3. The molecule has 5 heteroatoms. The average molecular weight is 336 g/mol. The Bertz CT molecular complexity index is 837. The molecule has 1 saturated heterocycles. The second-order valence-corrected chi connectivity index (χ2v) is 6.97. The van der Waals surface area contributed by atoms with E-state index in [0.29, 0.717) is 5.92 Å². The standard InChI is InChI=1S/C20H24N4O/c1-15-11-22-20(18-5-8-21-9-6-18)24(15)13-17-7-10-23(12-17)14-19-4-3-16(2)25-19/h3-6,8-9,11,17H,7,10,12-14H2,1-2H3. The molecule has 25 heavy (non-hydrogen) atoms. The molecule has 1 fully saturated rings. The van der Waals surface area contributed by atoms with Gasteiger partial charge < -0.3 is 8.98 Å². The third kappa shape index (κ3) is 3.51. The summed E-state index contributed by atoms with van der Waals surface area (Å²) < 4.78 is 8.07. The van der Waals surface area contributed by atoms with E-state index in [1.807, 2.05) is 43.7 Å². The molecule has 0 saturated carbocycles. The minimum absolute atomic E-state index is 0.643. The molecule has 0 aliphatic carbocycles. The van der Waals surface area contributed by atoms with Crippen molar-refractivity contribution in [3.8, 4) is 11.4 Å². The topological polar surface area (TPSA) is 47.1 Å². The van der Waals surface area contributed by atoms with Crippen LogP contribution in [0.5, 0.6) is 0 Å². The van der Waals surface area contributed by atoms with Gasteiger partial charge in [0, 0.05) is 42.9 Å². The van der Waals surface area contributed by atoms with E-state index >= 15 is 0 Å². The van der Waals surface area contributed by atoms with Gasteiger partial charge in [0.2, 0.25) is 0 Å². The Labute approximate surface area is 148 Å². The molecule has 1 aliphatic heterocycles. The Kier molecular flexibility index (Phi) is 4.40. The molecule has 0 bridgehead atoms. The van der Waals surface area contributed by atoms with E-state index in [-0.39, 0.29) is 0 Å². The molecule has 1 unspecified atom stereocenters. The summed E-state index contributed by atoms with van der Waals surface area (Å²) in [6, 6.07) is 8.18. The normalized spacial score (nSPS) is 18.1. The van der Waals surface area contributed by atoms with Crippen LogP contribution in [-0.4, -0.2) is 32.5 Å². The Morgan fingerprint density at radius 3 is 2.76 bits per heavy atom. The van der Waals surface area contributed by atoms with Crippen LogP contribution in [0.1, 0.15) is 23.6 Å². The summed E-state index contributed by atoms with van der Waals surface area (Å²) in [5, 5.41) is 0. The molecule has 0 aromatic carbocycles. The lowest BCUT2D eigenvalue weighted by atomic mass is 10.1. The van der Waals surface area contributed by atoms with Crippen molar-refractivity contribution in [2.45, 2.75) is 33.4 Å². The fourth-order valence-electron chi connectivity index (χ4n) is 3.68. The Morgan fingerprint density at radius 1 is 1.16 bits per heavy atom. The van der Waals surface area contributed by atoms with Crippen molar-refractivity contribution in [3.05, 3.63) is 60.1 Å². The number of hydrogen-bond acceptors (Lipinski definition) is 4. The van der Waals surface area contributed by atoms with Gasteiger partial charge in [0.25, 0.3) is 0 Å². The summed E-state index contributed by atoms with van der Waals surface area (Å²) in [6.07, 6.45) is 6.83. The smallest absolute Gasteiger partial charge is 0.140 e. The van der Waals surface area contributed by atoms with E-state index < -0.39 is 0 Å². The Hall–Kier alpha value is -2.40. The molecular formula is C20H24N4O. The van der Waals surface area contributed by atoms with Gasteiger partial charge in [-0.3, -0.25) is 9.88 Å². The molecule has 4 rings (SSSR count). The van der Waals surface area contributed by atoms with Crippen molar-refractivity contribution in [1.82, 2.24) is 19.4 Å². The third-order valence-electron chi connectivity index (χ3n) is 4.98. The average Bonchev–Trinajstić information content (AvgIpc) is 3.32. The fraction of sp³-hybridized carbons (Fsp3) is 0.400. The van der Waals surface area contributed by atoms with E-state index in [4.69, 9.17) is 4.42 Å². The highest BCUT2D eigenvalue weighted by Gasteiger charge is 2.25. The van der Waals surface area contributed by atoms with Crippen molar-refractivity contribution < 1.29 is 4.42 Å². The fourth-order valence-corrected chi connectivity index (χ4v) is 3.68. The highest BCUT2D eigenvalue weighted by Crippen LogP contribution is 2.25. The van der Waals surface area contributed by atoms with E-state index in [9.17, 15) is 0 Å².